The van der Waals surface area contributed by atoms with E-state index < -0.39 is 63.0 Å². The van der Waals surface area contributed by atoms with Gasteiger partial charge < -0.3 is 43.8 Å². The number of nitrogen functional groups attached to an aromatic ring is 1. The molecule has 3 rings (SSSR count). The van der Waals surface area contributed by atoms with E-state index in [1.807, 2.05) is 19.9 Å². The minimum Gasteiger partial charge on any atom is -0.398 e. The summed E-state index contributed by atoms with van der Waals surface area (Å²) in [5, 5.41) is 36.2. The van der Waals surface area contributed by atoms with E-state index in [2.05, 4.69) is 31.6 Å². The van der Waals surface area contributed by atoms with Crippen molar-refractivity contribution < 1.29 is 29.0 Å². The van der Waals surface area contributed by atoms with Crippen LogP contribution in [0, 0.1) is 26.1 Å². The summed E-state index contributed by atoms with van der Waals surface area (Å²) in [5.41, 5.74) is 17.1. The molecule has 19 nitrogen and oxygen atoms in total. The number of guanidine groups is 1. The summed E-state index contributed by atoms with van der Waals surface area (Å²) in [5.74, 6) is -2.68. The second kappa shape index (κ2) is 21.0. The highest BCUT2D eigenvalue weighted by Crippen LogP contribution is 2.28. The SMILES string of the molecule is CC(C)CC(NC(=O)C(CCCN=C(N)N)NC(=O)C(Cc1ccccc1)NC(=O)c1ccccc1N)C(=O)NCCNc1ccc([N+](=O)[O-])cc1[N+](=O)[O-]. The monoisotopic (exact) mass is 761 g/mol. The molecule has 0 fully saturated rings. The summed E-state index contributed by atoms with van der Waals surface area (Å²) in [4.78, 5) is 79.3. The van der Waals surface area contributed by atoms with Gasteiger partial charge in [-0.2, -0.15) is 0 Å². The molecular weight excluding hydrogens is 714 g/mol. The Morgan fingerprint density at radius 2 is 1.44 bits per heavy atom. The summed E-state index contributed by atoms with van der Waals surface area (Å²) in [6.07, 6.45) is 0.648. The average molecular weight is 762 g/mol. The number of rotatable bonds is 21. The highest BCUT2D eigenvalue weighted by atomic mass is 16.6. The Labute approximate surface area is 317 Å². The van der Waals surface area contributed by atoms with E-state index in [1.165, 1.54) is 12.1 Å². The molecule has 0 saturated carbocycles. The molecule has 55 heavy (non-hydrogen) atoms. The van der Waals surface area contributed by atoms with Gasteiger partial charge in [0, 0.05) is 37.8 Å². The number of carbonyl (C=O) groups excluding carboxylic acids is 4. The lowest BCUT2D eigenvalue weighted by atomic mass is 10.0. The molecule has 0 aliphatic carbocycles. The predicted molar refractivity (Wildman–Crippen MR) is 207 cm³/mol. The predicted octanol–water partition coefficient (Wildman–Crippen LogP) is 1.72. The van der Waals surface area contributed by atoms with Crippen molar-refractivity contribution in [2.45, 2.75) is 57.7 Å². The highest BCUT2D eigenvalue weighted by molar-refractivity contribution is 6.02. The maximum Gasteiger partial charge on any atom is 0.299 e. The Hall–Kier alpha value is -6.79. The summed E-state index contributed by atoms with van der Waals surface area (Å²) in [6.45, 7) is 3.84. The van der Waals surface area contributed by atoms with E-state index in [4.69, 9.17) is 17.2 Å². The van der Waals surface area contributed by atoms with E-state index in [0.29, 0.717) is 0 Å². The molecule has 0 aliphatic rings. The van der Waals surface area contributed by atoms with Gasteiger partial charge in [0.15, 0.2) is 5.96 Å². The zero-order valence-corrected chi connectivity index (χ0v) is 30.5. The molecule has 0 saturated heterocycles. The van der Waals surface area contributed by atoms with Crippen LogP contribution < -0.4 is 43.8 Å². The molecule has 3 atom stereocenters. The van der Waals surface area contributed by atoms with Crippen LogP contribution in [0.5, 0.6) is 0 Å². The molecule has 0 heterocycles. The molecule has 294 valence electrons. The Morgan fingerprint density at radius 1 is 0.782 bits per heavy atom. The van der Waals surface area contributed by atoms with Crippen molar-refractivity contribution in [3.63, 3.8) is 0 Å². The Morgan fingerprint density at radius 3 is 2.07 bits per heavy atom. The lowest BCUT2D eigenvalue weighted by Crippen LogP contribution is -2.57. The van der Waals surface area contributed by atoms with Crippen molar-refractivity contribution in [2.75, 3.05) is 30.7 Å². The second-order valence-corrected chi connectivity index (χ2v) is 12.9. The van der Waals surface area contributed by atoms with Crippen molar-refractivity contribution in [1.82, 2.24) is 21.3 Å². The van der Waals surface area contributed by atoms with E-state index >= 15 is 0 Å². The van der Waals surface area contributed by atoms with E-state index in [9.17, 15) is 39.4 Å². The number of amides is 4. The van der Waals surface area contributed by atoms with Gasteiger partial charge in [-0.05, 0) is 48.9 Å². The first-order valence-corrected chi connectivity index (χ1v) is 17.5. The average Bonchev–Trinajstić information content (AvgIpc) is 3.13. The number of nitro benzene ring substituents is 2. The highest BCUT2D eigenvalue weighted by Gasteiger charge is 2.30. The van der Waals surface area contributed by atoms with Gasteiger partial charge >= 0.3 is 0 Å². The fourth-order valence-electron chi connectivity index (χ4n) is 5.46. The molecule has 0 aliphatic heterocycles. The van der Waals surface area contributed by atoms with Gasteiger partial charge in [0.1, 0.15) is 23.8 Å². The van der Waals surface area contributed by atoms with Crippen LogP contribution in [-0.2, 0) is 20.8 Å². The zero-order valence-electron chi connectivity index (χ0n) is 30.5. The Kier molecular flexibility index (Phi) is 16.3. The zero-order chi connectivity index (χ0) is 40.5. The molecule has 0 aromatic heterocycles. The number of para-hydroxylation sites is 1. The van der Waals surface area contributed by atoms with Crippen LogP contribution in [0.4, 0.5) is 22.7 Å². The number of non-ortho nitro benzene ring substituents is 1. The van der Waals surface area contributed by atoms with Crippen LogP contribution >= 0.6 is 0 Å². The molecule has 19 heteroatoms. The van der Waals surface area contributed by atoms with E-state index in [-0.39, 0.29) is 74.1 Å². The van der Waals surface area contributed by atoms with E-state index in [1.54, 1.807) is 42.5 Å². The topological polar surface area (TPSA) is 305 Å². The molecule has 3 unspecified atom stereocenters. The number of nitrogens with zero attached hydrogens (tertiary/aromatic N) is 3. The van der Waals surface area contributed by atoms with Gasteiger partial charge in [-0.1, -0.05) is 56.3 Å². The normalized spacial score (nSPS) is 12.3. The molecule has 0 bridgehead atoms. The minimum atomic E-state index is -1.18. The third-order valence-electron chi connectivity index (χ3n) is 8.16. The van der Waals surface area contributed by atoms with Crippen molar-refractivity contribution in [2.24, 2.45) is 22.4 Å². The number of benzene rings is 3. The minimum absolute atomic E-state index is 0.0133. The number of nitrogens with two attached hydrogens (primary N) is 3. The Balaban J connectivity index is 1.76. The first-order chi connectivity index (χ1) is 26.2. The lowest BCUT2D eigenvalue weighted by molar-refractivity contribution is -0.393. The summed E-state index contributed by atoms with van der Waals surface area (Å²) in [7, 11) is 0. The van der Waals surface area contributed by atoms with Crippen molar-refractivity contribution in [1.29, 1.82) is 0 Å². The number of hydrogen-bond acceptors (Lipinski definition) is 11. The van der Waals surface area contributed by atoms with Crippen LogP contribution in [0.3, 0.4) is 0 Å². The first-order valence-electron chi connectivity index (χ1n) is 17.5. The molecule has 3 aromatic carbocycles. The van der Waals surface area contributed by atoms with Gasteiger partial charge in [0.25, 0.3) is 17.3 Å². The van der Waals surface area contributed by atoms with Gasteiger partial charge in [0.2, 0.25) is 17.7 Å². The first kappa shape index (κ1) is 42.6. The molecular formula is C36H47N11O8. The molecule has 4 amide bonds. The summed E-state index contributed by atoms with van der Waals surface area (Å²) in [6, 6.07) is 15.2. The van der Waals surface area contributed by atoms with Gasteiger partial charge in [-0.25, -0.2) is 0 Å². The molecule has 3 aromatic rings. The third kappa shape index (κ3) is 13.9. The lowest BCUT2D eigenvalue weighted by Gasteiger charge is -2.26. The summed E-state index contributed by atoms with van der Waals surface area (Å²) >= 11 is 0. The fourth-order valence-corrected chi connectivity index (χ4v) is 5.46. The van der Waals surface area contributed by atoms with Crippen molar-refractivity contribution >= 4 is 52.3 Å². The van der Waals surface area contributed by atoms with Gasteiger partial charge in [0.05, 0.1) is 21.5 Å². The van der Waals surface area contributed by atoms with Crippen molar-refractivity contribution in [3.8, 4) is 0 Å². The van der Waals surface area contributed by atoms with Crippen LogP contribution in [0.15, 0.2) is 77.8 Å². The molecule has 11 N–H and O–H groups in total. The van der Waals surface area contributed by atoms with Crippen LogP contribution in [-0.4, -0.2) is 77.2 Å². The number of hydrogen-bond donors (Lipinski definition) is 8. The third-order valence-corrected chi connectivity index (χ3v) is 8.16. The van der Waals surface area contributed by atoms with Crippen LogP contribution in [0.1, 0.15) is 49.0 Å². The summed E-state index contributed by atoms with van der Waals surface area (Å²) < 4.78 is 0. The smallest absolute Gasteiger partial charge is 0.299 e. The number of aliphatic imine (C=N–C) groups is 1. The standard InChI is InChI=1S/C36H47N11O8/c1-22(2)19-29(33(49)41-18-17-40-27-15-14-24(46(52)53)21-31(27)47(54)55)45-34(50)28(13-8-16-42-36(38)39)43-35(51)30(20-23-9-4-3-5-10-23)44-32(48)25-11-6-7-12-26(25)37/h3-7,9-12,14-15,21-22,28-30,40H,8,13,16-20,37H2,1-2H3,(H,41,49)(H,43,51)(H,44,48)(H,45,50)(H4,38,39,42). The van der Waals surface area contributed by atoms with Gasteiger partial charge in [-0.3, -0.25) is 44.4 Å². The number of nitrogens with one attached hydrogen (secondary N) is 5. The quantitative estimate of drug-likeness (QED) is 0.0192. The van der Waals surface area contributed by atoms with Gasteiger partial charge in [-0.15, -0.1) is 0 Å². The van der Waals surface area contributed by atoms with Crippen molar-refractivity contribution in [3.05, 3.63) is 104 Å². The number of carbonyl (C=O) groups is 4. The van der Waals surface area contributed by atoms with Crippen LogP contribution in [0.2, 0.25) is 0 Å². The molecule has 0 spiro atoms. The number of anilines is 2. The molecule has 0 radical (unpaired) electrons. The second-order valence-electron chi connectivity index (χ2n) is 12.9. The Bertz CT molecular complexity index is 1850. The number of nitro groups is 2. The van der Waals surface area contributed by atoms with E-state index in [0.717, 1.165) is 17.7 Å². The largest absolute Gasteiger partial charge is 0.398 e. The maximum absolute atomic E-state index is 13.9. The fraction of sp³-hybridized carbons (Fsp3) is 0.361. The maximum atomic E-state index is 13.9. The van der Waals surface area contributed by atoms with Crippen LogP contribution in [0.25, 0.3) is 0 Å².